The van der Waals surface area contributed by atoms with Gasteiger partial charge in [0.2, 0.25) is 5.91 Å². The number of aromatic nitrogens is 3. The first-order valence-corrected chi connectivity index (χ1v) is 14.7. The molecule has 11 heteroatoms. The molecular formula is C33H38N6O5. The third-order valence-electron chi connectivity index (χ3n) is 7.92. The SMILES string of the molecule is COc1ccc(CN2C[C@@H]3NC(=O)CN(C)Cc4ccc(OC)c(c4)Oc4cccc(c4)CO[C@H]3C2)cc1Cn1cncn1. The molecule has 2 atom stereocenters. The summed E-state index contributed by atoms with van der Waals surface area (Å²) in [7, 11) is 5.24. The van der Waals surface area contributed by atoms with Crippen molar-refractivity contribution in [3.63, 3.8) is 0 Å². The summed E-state index contributed by atoms with van der Waals surface area (Å²) < 4.78 is 25.7. The van der Waals surface area contributed by atoms with Gasteiger partial charge in [0.05, 0.1) is 46.1 Å². The van der Waals surface area contributed by atoms with Gasteiger partial charge in [0.25, 0.3) is 0 Å². The van der Waals surface area contributed by atoms with Crippen molar-refractivity contribution >= 4 is 5.91 Å². The number of hydrogen-bond acceptors (Lipinski definition) is 9. The first-order valence-electron chi connectivity index (χ1n) is 14.7. The first-order chi connectivity index (χ1) is 21.4. The van der Waals surface area contributed by atoms with E-state index >= 15 is 0 Å². The minimum atomic E-state index is -0.178. The van der Waals surface area contributed by atoms with Crippen LogP contribution in [0.25, 0.3) is 0 Å². The van der Waals surface area contributed by atoms with Crippen LogP contribution in [0.5, 0.6) is 23.0 Å². The molecule has 3 heterocycles. The molecule has 3 aromatic carbocycles. The zero-order valence-electron chi connectivity index (χ0n) is 25.3. The highest BCUT2D eigenvalue weighted by molar-refractivity contribution is 5.78. The number of amides is 1. The van der Waals surface area contributed by atoms with E-state index in [2.05, 4.69) is 32.4 Å². The number of carbonyl (C=O) groups is 1. The van der Waals surface area contributed by atoms with Crippen molar-refractivity contribution < 1.29 is 23.7 Å². The van der Waals surface area contributed by atoms with Crippen LogP contribution in [-0.4, -0.2) is 83.5 Å². The van der Waals surface area contributed by atoms with Crippen molar-refractivity contribution in [3.8, 4) is 23.0 Å². The fourth-order valence-electron chi connectivity index (χ4n) is 5.88. The molecular weight excluding hydrogens is 560 g/mol. The average Bonchev–Trinajstić information content (AvgIpc) is 3.65. The summed E-state index contributed by atoms with van der Waals surface area (Å²) in [5.74, 6) is 2.75. The van der Waals surface area contributed by atoms with Gasteiger partial charge < -0.3 is 24.3 Å². The Bertz CT molecular complexity index is 1580. The van der Waals surface area contributed by atoms with Crippen LogP contribution < -0.4 is 19.5 Å². The number of fused-ring (bicyclic) bond motifs is 5. The van der Waals surface area contributed by atoms with Crippen LogP contribution in [-0.2, 0) is 35.8 Å². The van der Waals surface area contributed by atoms with E-state index in [-0.39, 0.29) is 24.6 Å². The number of nitrogens with zero attached hydrogens (tertiary/aromatic N) is 5. The fourth-order valence-corrected chi connectivity index (χ4v) is 5.88. The Kier molecular flexibility index (Phi) is 9.06. The lowest BCUT2D eigenvalue weighted by atomic mass is 10.1. The minimum absolute atomic E-state index is 0.0356. The van der Waals surface area contributed by atoms with Crippen molar-refractivity contribution in [2.24, 2.45) is 0 Å². The summed E-state index contributed by atoms with van der Waals surface area (Å²) in [5.41, 5.74) is 4.18. The van der Waals surface area contributed by atoms with Crippen molar-refractivity contribution in [1.29, 1.82) is 0 Å². The molecule has 2 aliphatic rings. The van der Waals surface area contributed by atoms with Crippen LogP contribution in [0.3, 0.4) is 0 Å². The molecule has 44 heavy (non-hydrogen) atoms. The Labute approximate surface area is 257 Å². The first kappa shape index (κ1) is 29.6. The van der Waals surface area contributed by atoms with Gasteiger partial charge in [-0.2, -0.15) is 5.10 Å². The number of likely N-dealkylation sites (tertiary alicyclic amines) is 1. The monoisotopic (exact) mass is 598 g/mol. The van der Waals surface area contributed by atoms with Gasteiger partial charge in [-0.1, -0.05) is 24.3 Å². The van der Waals surface area contributed by atoms with E-state index < -0.39 is 0 Å². The van der Waals surface area contributed by atoms with E-state index in [4.69, 9.17) is 18.9 Å². The molecule has 0 saturated carbocycles. The van der Waals surface area contributed by atoms with Crippen LogP contribution in [0.2, 0.25) is 0 Å². The van der Waals surface area contributed by atoms with Gasteiger partial charge in [0, 0.05) is 31.7 Å². The van der Waals surface area contributed by atoms with E-state index in [0.29, 0.717) is 56.6 Å². The van der Waals surface area contributed by atoms with E-state index in [9.17, 15) is 4.79 Å². The molecule has 1 amide bonds. The van der Waals surface area contributed by atoms with E-state index in [1.807, 2.05) is 60.5 Å². The Balaban J connectivity index is 1.21. The second kappa shape index (κ2) is 13.5. The Morgan fingerprint density at radius 2 is 1.82 bits per heavy atom. The summed E-state index contributed by atoms with van der Waals surface area (Å²) in [6.07, 6.45) is 3.04. The molecule has 2 aliphatic heterocycles. The topological polar surface area (TPSA) is 103 Å². The maximum absolute atomic E-state index is 13.2. The fraction of sp³-hybridized carbons (Fsp3) is 0.364. The van der Waals surface area contributed by atoms with E-state index in [0.717, 1.165) is 28.0 Å². The molecule has 11 nitrogen and oxygen atoms in total. The standard InChI is InChI=1S/C33H38N6O5/c1-37-14-24-8-10-30(42-3)31(13-24)44-27-6-4-5-25(12-27)20-43-32-18-38(17-28(32)36-33(40)19-37)15-23-7-9-29(41-2)26(11-23)16-39-22-34-21-35-39/h4-13,21-22,28,32H,14-20H2,1-3H3,(H,36,40)/t28-,32-/m0/s1. The minimum Gasteiger partial charge on any atom is -0.496 e. The number of rotatable bonds is 6. The number of ether oxygens (including phenoxy) is 4. The lowest BCUT2D eigenvalue weighted by molar-refractivity contribution is -0.123. The van der Waals surface area contributed by atoms with E-state index in [1.54, 1.807) is 25.2 Å². The smallest absolute Gasteiger partial charge is 0.234 e. The summed E-state index contributed by atoms with van der Waals surface area (Å²) in [4.78, 5) is 21.6. The zero-order valence-corrected chi connectivity index (χ0v) is 25.3. The molecule has 1 N–H and O–H groups in total. The molecule has 1 fully saturated rings. The van der Waals surface area contributed by atoms with Crippen LogP contribution in [0.15, 0.2) is 73.3 Å². The summed E-state index contributed by atoms with van der Waals surface area (Å²) >= 11 is 0. The second-order valence-corrected chi connectivity index (χ2v) is 11.4. The quantitative estimate of drug-likeness (QED) is 0.358. The van der Waals surface area contributed by atoms with Gasteiger partial charge in [0.1, 0.15) is 24.2 Å². The number of benzene rings is 3. The normalized spacial score (nSPS) is 19.6. The Hall–Kier alpha value is -4.45. The predicted molar refractivity (Wildman–Crippen MR) is 164 cm³/mol. The van der Waals surface area contributed by atoms with Crippen LogP contribution in [0.4, 0.5) is 0 Å². The predicted octanol–water partition coefficient (Wildman–Crippen LogP) is 3.47. The number of carbonyl (C=O) groups excluding carboxylic acids is 1. The van der Waals surface area contributed by atoms with Crippen molar-refractivity contribution in [2.75, 3.05) is 40.9 Å². The lowest BCUT2D eigenvalue weighted by Gasteiger charge is -2.23. The van der Waals surface area contributed by atoms with Crippen molar-refractivity contribution in [1.82, 2.24) is 29.9 Å². The summed E-state index contributed by atoms with van der Waals surface area (Å²) in [6, 6.07) is 19.8. The molecule has 4 bridgehead atoms. The second-order valence-electron chi connectivity index (χ2n) is 11.4. The number of likely N-dealkylation sites (N-methyl/N-ethyl adjacent to an activating group) is 1. The largest absolute Gasteiger partial charge is 0.496 e. The number of nitrogens with one attached hydrogen (secondary N) is 1. The average molecular weight is 599 g/mol. The van der Waals surface area contributed by atoms with Crippen LogP contribution >= 0.6 is 0 Å². The maximum Gasteiger partial charge on any atom is 0.234 e. The Morgan fingerprint density at radius 3 is 2.64 bits per heavy atom. The number of hydrogen-bond donors (Lipinski definition) is 1. The molecule has 230 valence electrons. The molecule has 0 radical (unpaired) electrons. The van der Waals surface area contributed by atoms with E-state index in [1.165, 1.54) is 6.33 Å². The van der Waals surface area contributed by atoms with Crippen LogP contribution in [0, 0.1) is 0 Å². The Morgan fingerprint density at radius 1 is 0.955 bits per heavy atom. The highest BCUT2D eigenvalue weighted by Gasteiger charge is 2.35. The third-order valence-corrected chi connectivity index (χ3v) is 7.92. The highest BCUT2D eigenvalue weighted by atomic mass is 16.5. The molecule has 1 aromatic heterocycles. The molecule has 4 aromatic rings. The molecule has 6 rings (SSSR count). The molecule has 1 saturated heterocycles. The third kappa shape index (κ3) is 7.19. The van der Waals surface area contributed by atoms with Crippen molar-refractivity contribution in [2.45, 2.75) is 38.4 Å². The molecule has 0 aliphatic carbocycles. The van der Waals surface area contributed by atoms with Gasteiger partial charge in [0.15, 0.2) is 11.5 Å². The van der Waals surface area contributed by atoms with Gasteiger partial charge >= 0.3 is 0 Å². The highest BCUT2D eigenvalue weighted by Crippen LogP contribution is 2.33. The van der Waals surface area contributed by atoms with Gasteiger partial charge in [-0.3, -0.25) is 14.6 Å². The zero-order chi connectivity index (χ0) is 30.5. The van der Waals surface area contributed by atoms with Crippen LogP contribution in [0.1, 0.15) is 22.3 Å². The van der Waals surface area contributed by atoms with Gasteiger partial charge in [-0.05, 0) is 60.1 Å². The number of methoxy groups -OCH3 is 2. The van der Waals surface area contributed by atoms with Gasteiger partial charge in [-0.25, -0.2) is 9.67 Å². The van der Waals surface area contributed by atoms with Gasteiger partial charge in [-0.15, -0.1) is 0 Å². The summed E-state index contributed by atoms with van der Waals surface area (Å²) in [6.45, 7) is 3.87. The van der Waals surface area contributed by atoms with Crippen molar-refractivity contribution in [3.05, 3.63) is 95.6 Å². The molecule has 0 spiro atoms. The maximum atomic E-state index is 13.2. The lowest BCUT2D eigenvalue weighted by Crippen LogP contribution is -2.47. The summed E-state index contributed by atoms with van der Waals surface area (Å²) in [5, 5.41) is 7.51. The molecule has 0 unspecified atom stereocenters.